The van der Waals surface area contributed by atoms with E-state index in [0.29, 0.717) is 12.3 Å². The number of aromatic hydroxyl groups is 1. The predicted octanol–water partition coefficient (Wildman–Crippen LogP) is 2.25. The number of hydrogen-bond acceptors (Lipinski definition) is 4. The minimum atomic E-state index is 0. The molecule has 6 heteroatoms. The zero-order valence-electron chi connectivity index (χ0n) is 11.3. The molecule has 0 aromatic heterocycles. The van der Waals surface area contributed by atoms with Gasteiger partial charge in [0.25, 0.3) is 0 Å². The van der Waals surface area contributed by atoms with Crippen LogP contribution in [0.1, 0.15) is 19.3 Å². The van der Waals surface area contributed by atoms with Crippen LogP contribution in [0.2, 0.25) is 0 Å². The minimum absolute atomic E-state index is 0. The van der Waals surface area contributed by atoms with E-state index < -0.39 is 0 Å². The van der Waals surface area contributed by atoms with Gasteiger partial charge in [-0.15, -0.1) is 24.2 Å². The number of thioether (sulfide) groups is 1. The lowest BCUT2D eigenvalue weighted by Crippen LogP contribution is -2.48. The summed E-state index contributed by atoms with van der Waals surface area (Å²) in [5.41, 5.74) is 5.73. The molecular formula is C14H21ClN2O2S. The molecule has 1 aromatic carbocycles. The van der Waals surface area contributed by atoms with Gasteiger partial charge >= 0.3 is 0 Å². The Bertz CT molecular complexity index is 428. The van der Waals surface area contributed by atoms with Crippen LogP contribution in [0.4, 0.5) is 0 Å². The number of amides is 1. The van der Waals surface area contributed by atoms with E-state index in [1.807, 2.05) is 17.0 Å². The summed E-state index contributed by atoms with van der Waals surface area (Å²) in [5.74, 6) is 0.837. The number of carbonyl (C=O) groups is 1. The van der Waals surface area contributed by atoms with Gasteiger partial charge in [0, 0.05) is 24.0 Å². The van der Waals surface area contributed by atoms with E-state index in [1.165, 1.54) is 11.8 Å². The number of likely N-dealkylation sites (tertiary alicyclic amines) is 1. The molecule has 1 aliphatic rings. The van der Waals surface area contributed by atoms with Gasteiger partial charge < -0.3 is 15.7 Å². The zero-order chi connectivity index (χ0) is 13.7. The summed E-state index contributed by atoms with van der Waals surface area (Å²) in [4.78, 5) is 15.1. The minimum Gasteiger partial charge on any atom is -0.508 e. The Labute approximate surface area is 130 Å². The molecular weight excluding hydrogens is 296 g/mol. The van der Waals surface area contributed by atoms with Crippen molar-refractivity contribution in [3.63, 3.8) is 0 Å². The van der Waals surface area contributed by atoms with E-state index in [4.69, 9.17) is 5.73 Å². The van der Waals surface area contributed by atoms with Crippen molar-refractivity contribution >= 4 is 30.1 Å². The third kappa shape index (κ3) is 4.58. The third-order valence-electron chi connectivity index (χ3n) is 3.42. The lowest BCUT2D eigenvalue weighted by Gasteiger charge is -2.35. The molecule has 0 aliphatic carbocycles. The second-order valence-electron chi connectivity index (χ2n) is 4.76. The van der Waals surface area contributed by atoms with Crippen molar-refractivity contribution in [2.75, 3.05) is 18.8 Å². The quantitative estimate of drug-likeness (QED) is 0.836. The van der Waals surface area contributed by atoms with Crippen molar-refractivity contribution in [3.05, 3.63) is 24.3 Å². The molecule has 1 atom stereocenters. The normalized spacial score (nSPS) is 18.4. The van der Waals surface area contributed by atoms with E-state index >= 15 is 0 Å². The van der Waals surface area contributed by atoms with Crippen LogP contribution in [-0.2, 0) is 4.79 Å². The summed E-state index contributed by atoms with van der Waals surface area (Å²) in [6.07, 6.45) is 3.26. The number of rotatable bonds is 4. The highest BCUT2D eigenvalue weighted by atomic mass is 35.5. The maximum Gasteiger partial charge on any atom is 0.233 e. The van der Waals surface area contributed by atoms with E-state index in [0.717, 1.165) is 30.7 Å². The summed E-state index contributed by atoms with van der Waals surface area (Å²) in [6, 6.07) is 7.13. The van der Waals surface area contributed by atoms with Crippen molar-refractivity contribution in [2.45, 2.75) is 30.2 Å². The first-order chi connectivity index (χ1) is 9.20. The lowest BCUT2D eigenvalue weighted by atomic mass is 10.0. The van der Waals surface area contributed by atoms with Crippen LogP contribution in [0.3, 0.4) is 0 Å². The number of halogens is 1. The van der Waals surface area contributed by atoms with Gasteiger partial charge in [0.2, 0.25) is 5.91 Å². The van der Waals surface area contributed by atoms with E-state index in [1.54, 1.807) is 12.1 Å². The molecule has 3 N–H and O–H groups in total. The maximum atomic E-state index is 12.2. The van der Waals surface area contributed by atoms with Gasteiger partial charge in [0.05, 0.1) is 5.75 Å². The van der Waals surface area contributed by atoms with Gasteiger partial charge in [-0.3, -0.25) is 4.79 Å². The first kappa shape index (κ1) is 17.1. The number of piperidine rings is 1. The number of benzene rings is 1. The molecule has 1 fully saturated rings. The summed E-state index contributed by atoms with van der Waals surface area (Å²) in [7, 11) is 0. The molecule has 112 valence electrons. The SMILES string of the molecule is Cl.NCC1CCCCN1C(=O)CSc1ccc(O)cc1. The summed E-state index contributed by atoms with van der Waals surface area (Å²) in [6.45, 7) is 1.38. The first-order valence-corrected chi connectivity index (χ1v) is 7.60. The van der Waals surface area contributed by atoms with Crippen LogP contribution in [-0.4, -0.2) is 40.8 Å². The van der Waals surface area contributed by atoms with Crippen molar-refractivity contribution in [1.29, 1.82) is 0 Å². The predicted molar refractivity (Wildman–Crippen MR) is 84.5 cm³/mol. The summed E-state index contributed by atoms with van der Waals surface area (Å²) < 4.78 is 0. The van der Waals surface area contributed by atoms with E-state index in [-0.39, 0.29) is 30.1 Å². The molecule has 2 rings (SSSR count). The number of phenolic OH excluding ortho intramolecular Hbond substituents is 1. The highest BCUT2D eigenvalue weighted by Crippen LogP contribution is 2.23. The second kappa shape index (κ2) is 8.39. The van der Waals surface area contributed by atoms with Crippen molar-refractivity contribution in [2.24, 2.45) is 5.73 Å². The van der Waals surface area contributed by atoms with Gasteiger partial charge in [-0.05, 0) is 43.5 Å². The van der Waals surface area contributed by atoms with Crippen LogP contribution < -0.4 is 5.73 Å². The number of phenols is 1. The Morgan fingerprint density at radius 1 is 1.35 bits per heavy atom. The van der Waals surface area contributed by atoms with Crippen LogP contribution in [0.15, 0.2) is 29.2 Å². The Hall–Kier alpha value is -0.910. The molecule has 1 heterocycles. The third-order valence-corrected chi connectivity index (χ3v) is 4.42. The molecule has 1 aliphatic heterocycles. The van der Waals surface area contributed by atoms with Crippen molar-refractivity contribution < 1.29 is 9.90 Å². The number of hydrogen-bond donors (Lipinski definition) is 2. The highest BCUT2D eigenvalue weighted by Gasteiger charge is 2.25. The Morgan fingerprint density at radius 3 is 2.70 bits per heavy atom. The van der Waals surface area contributed by atoms with E-state index in [9.17, 15) is 9.90 Å². The average Bonchev–Trinajstić information content (AvgIpc) is 2.46. The average molecular weight is 317 g/mol. The molecule has 20 heavy (non-hydrogen) atoms. The monoisotopic (exact) mass is 316 g/mol. The van der Waals surface area contributed by atoms with Crippen LogP contribution in [0.5, 0.6) is 5.75 Å². The largest absolute Gasteiger partial charge is 0.508 e. The van der Waals surface area contributed by atoms with E-state index in [2.05, 4.69) is 0 Å². The summed E-state index contributed by atoms with van der Waals surface area (Å²) in [5, 5.41) is 9.21. The van der Waals surface area contributed by atoms with Gasteiger partial charge in [0.15, 0.2) is 0 Å². The Morgan fingerprint density at radius 2 is 2.05 bits per heavy atom. The number of carbonyl (C=O) groups excluding carboxylic acids is 1. The van der Waals surface area contributed by atoms with Gasteiger partial charge in [-0.25, -0.2) is 0 Å². The fraction of sp³-hybridized carbons (Fsp3) is 0.500. The standard InChI is InChI=1S/C14H20N2O2S.ClH/c15-9-11-3-1-2-8-16(11)14(18)10-19-13-6-4-12(17)5-7-13;/h4-7,11,17H,1-3,8-10,15H2;1H. The highest BCUT2D eigenvalue weighted by molar-refractivity contribution is 8.00. The van der Waals surface area contributed by atoms with Gasteiger partial charge in [-0.2, -0.15) is 0 Å². The Balaban J connectivity index is 0.00000200. The molecule has 1 aromatic rings. The van der Waals surface area contributed by atoms with Crippen LogP contribution >= 0.6 is 24.2 Å². The zero-order valence-corrected chi connectivity index (χ0v) is 13.0. The lowest BCUT2D eigenvalue weighted by molar-refractivity contribution is -0.131. The first-order valence-electron chi connectivity index (χ1n) is 6.62. The molecule has 1 saturated heterocycles. The maximum absolute atomic E-state index is 12.2. The molecule has 1 amide bonds. The number of nitrogens with two attached hydrogens (primary N) is 1. The van der Waals surface area contributed by atoms with Gasteiger partial charge in [-0.1, -0.05) is 0 Å². The molecule has 0 spiro atoms. The smallest absolute Gasteiger partial charge is 0.233 e. The molecule has 4 nitrogen and oxygen atoms in total. The molecule has 0 bridgehead atoms. The van der Waals surface area contributed by atoms with Crippen molar-refractivity contribution in [1.82, 2.24) is 4.90 Å². The van der Waals surface area contributed by atoms with Crippen molar-refractivity contribution in [3.8, 4) is 5.75 Å². The fourth-order valence-electron chi connectivity index (χ4n) is 2.34. The summed E-state index contributed by atoms with van der Waals surface area (Å²) >= 11 is 1.50. The Kier molecular flexibility index (Phi) is 7.19. The second-order valence-corrected chi connectivity index (χ2v) is 5.80. The van der Waals surface area contributed by atoms with Gasteiger partial charge in [0.1, 0.15) is 5.75 Å². The molecule has 1 unspecified atom stereocenters. The van der Waals surface area contributed by atoms with Crippen LogP contribution in [0.25, 0.3) is 0 Å². The molecule has 0 radical (unpaired) electrons. The van der Waals surface area contributed by atoms with Crippen LogP contribution in [0, 0.1) is 0 Å². The number of nitrogens with zero attached hydrogens (tertiary/aromatic N) is 1. The topological polar surface area (TPSA) is 66.6 Å². The fourth-order valence-corrected chi connectivity index (χ4v) is 3.13. The molecule has 0 saturated carbocycles.